The van der Waals surface area contributed by atoms with Gasteiger partial charge in [-0.05, 0) is 24.3 Å². The molecule has 2 N–H and O–H groups in total. The summed E-state index contributed by atoms with van der Waals surface area (Å²) in [5, 5.41) is 16.7. The van der Waals surface area contributed by atoms with Gasteiger partial charge in [-0.15, -0.1) is 5.10 Å². The van der Waals surface area contributed by atoms with Crippen LogP contribution < -0.4 is 0 Å². The van der Waals surface area contributed by atoms with Gasteiger partial charge in [-0.3, -0.25) is 9.89 Å². The highest BCUT2D eigenvalue weighted by Gasteiger charge is 2.10. The van der Waals surface area contributed by atoms with Gasteiger partial charge in [0, 0.05) is 11.1 Å². The number of ketones is 1. The molecule has 0 saturated carbocycles. The fourth-order valence-corrected chi connectivity index (χ4v) is 2.59. The number of carbonyl (C=O) groups is 1. The molecule has 22 heavy (non-hydrogen) atoms. The molecule has 2 aromatic carbocycles. The van der Waals surface area contributed by atoms with Crippen LogP contribution in [0.25, 0.3) is 11.4 Å². The van der Waals surface area contributed by atoms with Crippen molar-refractivity contribution in [3.05, 3.63) is 60.2 Å². The largest absolute Gasteiger partial charge is 0.508 e. The third kappa shape index (κ3) is 3.35. The minimum absolute atomic E-state index is 0.0314. The molecule has 3 aromatic rings. The van der Waals surface area contributed by atoms with Gasteiger partial charge in [0.25, 0.3) is 0 Å². The molecule has 0 bridgehead atoms. The number of thioether (sulfide) groups is 1. The normalized spacial score (nSPS) is 10.5. The van der Waals surface area contributed by atoms with E-state index in [1.807, 2.05) is 30.3 Å². The maximum absolute atomic E-state index is 12.0. The van der Waals surface area contributed by atoms with E-state index in [0.29, 0.717) is 16.5 Å². The lowest BCUT2D eigenvalue weighted by Crippen LogP contribution is -2.02. The highest BCUT2D eigenvalue weighted by molar-refractivity contribution is 7.99. The summed E-state index contributed by atoms with van der Waals surface area (Å²) in [4.78, 5) is 16.4. The standard InChI is InChI=1S/C16H13N3O2S/c20-13-8-6-11(7-9-13)14(21)10-22-16-17-15(18-19-16)12-4-2-1-3-5-12/h1-9,20H,10H2,(H,17,18,19). The van der Waals surface area contributed by atoms with E-state index in [0.717, 1.165) is 5.56 Å². The lowest BCUT2D eigenvalue weighted by molar-refractivity contribution is 0.102. The van der Waals surface area contributed by atoms with Gasteiger partial charge >= 0.3 is 0 Å². The van der Waals surface area contributed by atoms with Crippen LogP contribution in [0.3, 0.4) is 0 Å². The van der Waals surface area contributed by atoms with Gasteiger partial charge in [0.2, 0.25) is 5.16 Å². The predicted molar refractivity (Wildman–Crippen MR) is 85.0 cm³/mol. The molecule has 1 heterocycles. The monoisotopic (exact) mass is 311 g/mol. The number of nitrogens with zero attached hydrogens (tertiary/aromatic N) is 2. The van der Waals surface area contributed by atoms with E-state index in [-0.39, 0.29) is 17.3 Å². The maximum atomic E-state index is 12.0. The van der Waals surface area contributed by atoms with Gasteiger partial charge in [-0.25, -0.2) is 4.98 Å². The molecule has 0 unspecified atom stereocenters. The van der Waals surface area contributed by atoms with Gasteiger partial charge in [0.05, 0.1) is 5.75 Å². The number of aromatic hydroxyl groups is 1. The average molecular weight is 311 g/mol. The first-order valence-electron chi connectivity index (χ1n) is 6.65. The van der Waals surface area contributed by atoms with Crippen molar-refractivity contribution < 1.29 is 9.90 Å². The second kappa shape index (κ2) is 6.44. The van der Waals surface area contributed by atoms with Crippen LogP contribution in [0.4, 0.5) is 0 Å². The Kier molecular flexibility index (Phi) is 4.20. The number of H-pyrrole nitrogens is 1. The maximum Gasteiger partial charge on any atom is 0.209 e. The molecule has 0 aliphatic rings. The molecular formula is C16H13N3O2S. The number of phenols is 1. The van der Waals surface area contributed by atoms with Crippen molar-refractivity contribution in [3.8, 4) is 17.1 Å². The molecular weight excluding hydrogens is 298 g/mol. The lowest BCUT2D eigenvalue weighted by Gasteiger charge is -1.99. The topological polar surface area (TPSA) is 78.9 Å². The molecule has 0 aliphatic carbocycles. The quantitative estimate of drug-likeness (QED) is 0.559. The Morgan fingerprint density at radius 3 is 2.55 bits per heavy atom. The van der Waals surface area contributed by atoms with E-state index in [9.17, 15) is 9.90 Å². The zero-order valence-corrected chi connectivity index (χ0v) is 12.4. The Labute approximate surface area is 131 Å². The van der Waals surface area contributed by atoms with E-state index in [4.69, 9.17) is 0 Å². The molecule has 0 amide bonds. The Morgan fingerprint density at radius 2 is 1.82 bits per heavy atom. The predicted octanol–water partition coefficient (Wildman–Crippen LogP) is 3.15. The zero-order chi connectivity index (χ0) is 15.4. The van der Waals surface area contributed by atoms with Crippen LogP contribution in [0, 0.1) is 0 Å². The van der Waals surface area contributed by atoms with Gasteiger partial charge in [-0.1, -0.05) is 42.1 Å². The molecule has 1 aromatic heterocycles. The fourth-order valence-electron chi connectivity index (χ4n) is 1.90. The van der Waals surface area contributed by atoms with Crippen LogP contribution in [0.5, 0.6) is 5.75 Å². The summed E-state index contributed by atoms with van der Waals surface area (Å²) in [6.07, 6.45) is 0. The Morgan fingerprint density at radius 1 is 1.09 bits per heavy atom. The first-order chi connectivity index (χ1) is 10.7. The Bertz CT molecular complexity index is 770. The second-order valence-corrected chi connectivity index (χ2v) is 5.53. The first-order valence-corrected chi connectivity index (χ1v) is 7.64. The molecule has 0 aliphatic heterocycles. The van der Waals surface area contributed by atoms with Crippen LogP contribution in [-0.2, 0) is 0 Å². The molecule has 6 heteroatoms. The molecule has 0 spiro atoms. The number of rotatable bonds is 5. The van der Waals surface area contributed by atoms with E-state index >= 15 is 0 Å². The highest BCUT2D eigenvalue weighted by Crippen LogP contribution is 2.20. The van der Waals surface area contributed by atoms with Crippen molar-refractivity contribution in [1.29, 1.82) is 0 Å². The van der Waals surface area contributed by atoms with Crippen LogP contribution in [0.15, 0.2) is 59.8 Å². The molecule has 0 saturated heterocycles. The SMILES string of the molecule is O=C(CSc1n[nH]c(-c2ccccc2)n1)c1ccc(O)cc1. The number of phenolic OH excluding ortho intramolecular Hbond substituents is 1. The number of nitrogens with one attached hydrogen (secondary N) is 1. The number of benzene rings is 2. The number of Topliss-reactive ketones (excluding diaryl/α,β-unsaturated/α-hetero) is 1. The number of hydrogen-bond donors (Lipinski definition) is 2. The van der Waals surface area contributed by atoms with Gasteiger partial charge in [0.1, 0.15) is 5.75 Å². The van der Waals surface area contributed by atoms with E-state index in [1.165, 1.54) is 23.9 Å². The summed E-state index contributed by atoms with van der Waals surface area (Å²) >= 11 is 1.28. The average Bonchev–Trinajstić information content (AvgIpc) is 3.03. The summed E-state index contributed by atoms with van der Waals surface area (Å²) in [6.45, 7) is 0. The van der Waals surface area contributed by atoms with Crippen LogP contribution in [0.2, 0.25) is 0 Å². The molecule has 5 nitrogen and oxygen atoms in total. The van der Waals surface area contributed by atoms with Gasteiger partial charge < -0.3 is 5.11 Å². The number of hydrogen-bond acceptors (Lipinski definition) is 5. The van der Waals surface area contributed by atoms with Crippen molar-refractivity contribution >= 4 is 17.5 Å². The van der Waals surface area contributed by atoms with Crippen LogP contribution in [0.1, 0.15) is 10.4 Å². The summed E-state index contributed by atoms with van der Waals surface area (Å²) in [7, 11) is 0. The van der Waals surface area contributed by atoms with Crippen LogP contribution >= 0.6 is 11.8 Å². The summed E-state index contributed by atoms with van der Waals surface area (Å²) in [5.74, 6) is 1.04. The van der Waals surface area contributed by atoms with Crippen molar-refractivity contribution in [1.82, 2.24) is 15.2 Å². The summed E-state index contributed by atoms with van der Waals surface area (Å²) < 4.78 is 0. The van der Waals surface area contributed by atoms with Crippen molar-refractivity contribution in [3.63, 3.8) is 0 Å². The van der Waals surface area contributed by atoms with Gasteiger partial charge in [-0.2, -0.15) is 0 Å². The van der Waals surface area contributed by atoms with Crippen LogP contribution in [-0.4, -0.2) is 31.8 Å². The first kappa shape index (κ1) is 14.3. The molecule has 3 rings (SSSR count). The van der Waals surface area contributed by atoms with E-state index in [1.54, 1.807) is 12.1 Å². The molecule has 0 atom stereocenters. The third-order valence-electron chi connectivity index (χ3n) is 3.03. The molecule has 0 fully saturated rings. The van der Waals surface area contributed by atoms with Crippen molar-refractivity contribution in [2.45, 2.75) is 5.16 Å². The summed E-state index contributed by atoms with van der Waals surface area (Å²) in [6, 6.07) is 15.9. The second-order valence-electron chi connectivity index (χ2n) is 4.59. The number of aromatic amines is 1. The smallest absolute Gasteiger partial charge is 0.209 e. The minimum atomic E-state index is -0.0314. The van der Waals surface area contributed by atoms with Gasteiger partial charge in [0.15, 0.2) is 11.6 Å². The minimum Gasteiger partial charge on any atom is -0.508 e. The third-order valence-corrected chi connectivity index (χ3v) is 3.88. The molecule has 0 radical (unpaired) electrons. The molecule has 110 valence electrons. The lowest BCUT2D eigenvalue weighted by atomic mass is 10.1. The Balaban J connectivity index is 1.64. The van der Waals surface area contributed by atoms with Crippen molar-refractivity contribution in [2.24, 2.45) is 0 Å². The summed E-state index contributed by atoms with van der Waals surface area (Å²) in [5.41, 5.74) is 1.51. The van der Waals surface area contributed by atoms with E-state index < -0.39 is 0 Å². The fraction of sp³-hybridized carbons (Fsp3) is 0.0625. The number of carbonyl (C=O) groups excluding carboxylic acids is 1. The zero-order valence-electron chi connectivity index (χ0n) is 11.6. The number of aromatic nitrogens is 3. The van der Waals surface area contributed by atoms with E-state index in [2.05, 4.69) is 15.2 Å². The van der Waals surface area contributed by atoms with Crippen molar-refractivity contribution in [2.75, 3.05) is 5.75 Å². The highest BCUT2D eigenvalue weighted by atomic mass is 32.2. The Hall–Kier alpha value is -2.60.